The summed E-state index contributed by atoms with van der Waals surface area (Å²) in [4.78, 5) is 4.45. The summed E-state index contributed by atoms with van der Waals surface area (Å²) in [7, 11) is 1.66. The van der Waals surface area contributed by atoms with Gasteiger partial charge in [0.05, 0.1) is 13.3 Å². The molecule has 0 amide bonds. The number of anilines is 1. The van der Waals surface area contributed by atoms with Crippen LogP contribution in [0.5, 0.6) is 5.75 Å². The molecule has 4 rings (SSSR count). The monoisotopic (exact) mass is 487 g/mol. The van der Waals surface area contributed by atoms with E-state index in [0.29, 0.717) is 11.0 Å². The summed E-state index contributed by atoms with van der Waals surface area (Å²) < 4.78 is 13.4. The molecule has 0 aliphatic carbocycles. The molecule has 0 fully saturated rings. The van der Waals surface area contributed by atoms with E-state index in [2.05, 4.69) is 63.8 Å². The zero-order valence-electron chi connectivity index (χ0n) is 20.2. The van der Waals surface area contributed by atoms with Gasteiger partial charge < -0.3 is 19.8 Å². The smallest absolute Gasteiger partial charge is 0.227 e. The Bertz CT molecular complexity index is 1220. The number of hydrogen-bond acceptors (Lipinski definition) is 4. The Hall–Kier alpha value is -3.71. The first-order chi connectivity index (χ1) is 17.1. The lowest BCUT2D eigenvalue weighted by Crippen LogP contribution is -2.32. The first-order valence-electron chi connectivity index (χ1n) is 11.9. The van der Waals surface area contributed by atoms with Crippen LogP contribution >= 0.6 is 12.2 Å². The molecule has 0 aliphatic heterocycles. The van der Waals surface area contributed by atoms with Crippen LogP contribution in [-0.4, -0.2) is 23.8 Å². The molecular formula is C28H31N4O2S+. The van der Waals surface area contributed by atoms with Crippen molar-refractivity contribution >= 4 is 23.0 Å². The second-order valence-electron chi connectivity index (χ2n) is 8.26. The first-order valence-corrected chi connectivity index (χ1v) is 12.3. The molecule has 6 nitrogen and oxygen atoms in total. The number of rotatable bonds is 10. The predicted octanol–water partition coefficient (Wildman–Crippen LogP) is 5.63. The fraction of sp³-hybridized carbons (Fsp3) is 0.250. The van der Waals surface area contributed by atoms with Gasteiger partial charge in [0.15, 0.2) is 23.3 Å². The topological polar surface area (TPSA) is 63.2 Å². The molecule has 35 heavy (non-hydrogen) atoms. The van der Waals surface area contributed by atoms with E-state index < -0.39 is 0 Å². The maximum Gasteiger partial charge on any atom is 0.227 e. The van der Waals surface area contributed by atoms with E-state index in [0.717, 1.165) is 60.7 Å². The number of oxazole rings is 1. The van der Waals surface area contributed by atoms with E-state index in [1.165, 1.54) is 5.56 Å². The van der Waals surface area contributed by atoms with Crippen LogP contribution in [0.15, 0.2) is 83.7 Å². The number of hydrogen-bond donors (Lipinski definition) is 2. The average Bonchev–Trinajstić information content (AvgIpc) is 3.39. The van der Waals surface area contributed by atoms with Crippen molar-refractivity contribution in [1.82, 2.24) is 10.3 Å². The average molecular weight is 488 g/mol. The number of ether oxygens (including phenoxy) is 1. The van der Waals surface area contributed by atoms with Crippen molar-refractivity contribution in [2.75, 3.05) is 19.0 Å². The molecule has 180 valence electrons. The molecule has 2 heterocycles. The molecule has 0 atom stereocenters. The molecule has 0 bridgehead atoms. The third kappa shape index (κ3) is 6.90. The molecule has 0 saturated carbocycles. The van der Waals surface area contributed by atoms with Gasteiger partial charge in [-0.1, -0.05) is 19.1 Å². The highest BCUT2D eigenvalue weighted by atomic mass is 32.1. The van der Waals surface area contributed by atoms with Crippen LogP contribution in [0.1, 0.15) is 25.3 Å². The van der Waals surface area contributed by atoms with E-state index in [9.17, 15) is 0 Å². The molecule has 0 unspecified atom stereocenters. The Morgan fingerprint density at radius 3 is 2.43 bits per heavy atom. The summed E-state index contributed by atoms with van der Waals surface area (Å²) in [5, 5.41) is 7.06. The first kappa shape index (κ1) is 24.4. The normalized spacial score (nSPS) is 10.7. The Morgan fingerprint density at radius 2 is 1.74 bits per heavy atom. The lowest BCUT2D eigenvalue weighted by Gasteiger charge is -2.10. The van der Waals surface area contributed by atoms with Crippen molar-refractivity contribution in [2.45, 2.75) is 32.7 Å². The molecule has 2 aromatic heterocycles. The Morgan fingerprint density at radius 1 is 1.00 bits per heavy atom. The van der Waals surface area contributed by atoms with E-state index >= 15 is 0 Å². The second kappa shape index (κ2) is 12.1. The van der Waals surface area contributed by atoms with Gasteiger partial charge >= 0.3 is 0 Å². The number of methoxy groups -OCH3 is 1. The molecule has 7 heteroatoms. The Balaban J connectivity index is 1.27. The number of thiocarbonyl (C=S) groups is 1. The third-order valence-electron chi connectivity index (χ3n) is 5.65. The molecule has 0 saturated heterocycles. The van der Waals surface area contributed by atoms with Crippen LogP contribution in [-0.2, 0) is 13.0 Å². The summed E-state index contributed by atoms with van der Waals surface area (Å²) in [6.45, 7) is 3.94. The van der Waals surface area contributed by atoms with Crippen LogP contribution in [0.4, 0.5) is 5.69 Å². The number of pyridine rings is 1. The maximum absolute atomic E-state index is 5.98. The van der Waals surface area contributed by atoms with Gasteiger partial charge in [0.25, 0.3) is 0 Å². The summed E-state index contributed by atoms with van der Waals surface area (Å²) in [5.41, 5.74) is 4.24. The number of nitrogens with one attached hydrogen (secondary N) is 2. The molecule has 0 spiro atoms. The summed E-state index contributed by atoms with van der Waals surface area (Å²) in [6.07, 6.45) is 9.01. The minimum Gasteiger partial charge on any atom is -0.497 e. The van der Waals surface area contributed by atoms with Gasteiger partial charge in [-0.15, -0.1) is 0 Å². The van der Waals surface area contributed by atoms with Crippen LogP contribution in [0.25, 0.3) is 22.8 Å². The standard InChI is InChI=1S/C28H30N4O2S/c1-3-16-29-28(35)31-24-10-6-21(7-11-24)5-4-17-32-18-14-23(15-19-32)27-30-20-26(34-27)22-8-12-25(33-2)13-9-22/h6-15,18-20H,3-5,16-17H2,1-2H3,(H-,29,31,35)/p+1. The van der Waals surface area contributed by atoms with E-state index in [1.54, 1.807) is 13.3 Å². The number of aromatic nitrogens is 2. The SMILES string of the molecule is CCCNC(=S)Nc1ccc(CCC[n+]2ccc(-c3ncc(-c4ccc(OC)cc4)o3)cc2)cc1. The van der Waals surface area contributed by atoms with Gasteiger partial charge in [-0.05, 0) is 67.0 Å². The van der Waals surface area contributed by atoms with Crippen LogP contribution in [0.2, 0.25) is 0 Å². The van der Waals surface area contributed by atoms with Gasteiger partial charge in [0.2, 0.25) is 5.89 Å². The predicted molar refractivity (Wildman–Crippen MR) is 143 cm³/mol. The largest absolute Gasteiger partial charge is 0.497 e. The van der Waals surface area contributed by atoms with Crippen molar-refractivity contribution < 1.29 is 13.7 Å². The summed E-state index contributed by atoms with van der Waals surface area (Å²) in [5.74, 6) is 2.16. The second-order valence-corrected chi connectivity index (χ2v) is 8.67. The minimum absolute atomic E-state index is 0.612. The highest BCUT2D eigenvalue weighted by molar-refractivity contribution is 7.80. The van der Waals surface area contributed by atoms with E-state index in [1.807, 2.05) is 36.4 Å². The van der Waals surface area contributed by atoms with Gasteiger partial charge in [-0.2, -0.15) is 0 Å². The van der Waals surface area contributed by atoms with Gasteiger partial charge in [0.1, 0.15) is 12.3 Å². The third-order valence-corrected chi connectivity index (χ3v) is 5.89. The van der Waals surface area contributed by atoms with Crippen molar-refractivity contribution in [3.63, 3.8) is 0 Å². The molecule has 2 N–H and O–H groups in total. The summed E-state index contributed by atoms with van der Waals surface area (Å²) >= 11 is 5.29. The van der Waals surface area contributed by atoms with Crippen molar-refractivity contribution in [3.05, 3.63) is 84.8 Å². The highest BCUT2D eigenvalue weighted by Gasteiger charge is 2.11. The van der Waals surface area contributed by atoms with Crippen molar-refractivity contribution in [3.8, 4) is 28.5 Å². The van der Waals surface area contributed by atoms with Crippen LogP contribution in [0.3, 0.4) is 0 Å². The number of aryl methyl sites for hydroxylation is 2. The zero-order valence-corrected chi connectivity index (χ0v) is 21.0. The Kier molecular flexibility index (Phi) is 8.46. The molecule has 0 radical (unpaired) electrons. The van der Waals surface area contributed by atoms with Crippen LogP contribution < -0.4 is 19.9 Å². The number of benzene rings is 2. The number of nitrogens with zero attached hydrogens (tertiary/aromatic N) is 2. The lowest BCUT2D eigenvalue weighted by molar-refractivity contribution is -0.697. The molecule has 4 aromatic rings. The zero-order chi connectivity index (χ0) is 24.5. The van der Waals surface area contributed by atoms with Gasteiger partial charge in [-0.3, -0.25) is 0 Å². The van der Waals surface area contributed by atoms with Crippen LogP contribution in [0, 0.1) is 0 Å². The van der Waals surface area contributed by atoms with E-state index in [4.69, 9.17) is 21.4 Å². The van der Waals surface area contributed by atoms with Gasteiger partial charge in [-0.25, -0.2) is 9.55 Å². The summed E-state index contributed by atoms with van der Waals surface area (Å²) in [6, 6.07) is 20.3. The maximum atomic E-state index is 5.98. The molecule has 2 aromatic carbocycles. The van der Waals surface area contributed by atoms with Gasteiger partial charge in [0, 0.05) is 41.9 Å². The fourth-order valence-electron chi connectivity index (χ4n) is 3.68. The quantitative estimate of drug-likeness (QED) is 0.223. The van der Waals surface area contributed by atoms with Crippen molar-refractivity contribution in [2.24, 2.45) is 0 Å². The lowest BCUT2D eigenvalue weighted by atomic mass is 10.1. The fourth-order valence-corrected chi connectivity index (χ4v) is 3.90. The molecule has 0 aliphatic rings. The molecular weight excluding hydrogens is 456 g/mol. The Labute approximate surface area is 212 Å². The minimum atomic E-state index is 0.612. The van der Waals surface area contributed by atoms with Crippen molar-refractivity contribution in [1.29, 1.82) is 0 Å². The van der Waals surface area contributed by atoms with E-state index in [-0.39, 0.29) is 0 Å². The highest BCUT2D eigenvalue weighted by Crippen LogP contribution is 2.26.